The fraction of sp³-hybridized carbons (Fsp3) is 0.250. The Bertz CT molecular complexity index is 579. The lowest BCUT2D eigenvalue weighted by atomic mass is 10.1. The summed E-state index contributed by atoms with van der Waals surface area (Å²) < 4.78 is 13.9. The number of nitrogens with two attached hydrogens (primary N) is 1. The van der Waals surface area contributed by atoms with Crippen molar-refractivity contribution in [3.05, 3.63) is 58.9 Å². The van der Waals surface area contributed by atoms with Crippen molar-refractivity contribution in [1.29, 1.82) is 0 Å². The molecule has 0 aliphatic carbocycles. The van der Waals surface area contributed by atoms with Gasteiger partial charge in [-0.3, -0.25) is 0 Å². The van der Waals surface area contributed by atoms with E-state index < -0.39 is 0 Å². The molecule has 2 aromatic rings. The number of anilines is 2. The smallest absolute Gasteiger partial charge is 0.146 e. The minimum Gasteiger partial charge on any atom is -0.353 e. The molecule has 0 saturated carbocycles. The maximum Gasteiger partial charge on any atom is 0.146 e. The molecule has 0 spiro atoms. The molecule has 100 valence electrons. The van der Waals surface area contributed by atoms with E-state index in [1.807, 2.05) is 31.2 Å². The van der Waals surface area contributed by atoms with Crippen LogP contribution in [0.2, 0.25) is 0 Å². The van der Waals surface area contributed by atoms with E-state index in [9.17, 15) is 4.39 Å². The van der Waals surface area contributed by atoms with Gasteiger partial charge >= 0.3 is 0 Å². The Hall–Kier alpha value is -1.87. The summed E-state index contributed by atoms with van der Waals surface area (Å²) in [5.74, 6) is -0.246. The molecule has 0 saturated heterocycles. The molecule has 2 rings (SSSR count). The van der Waals surface area contributed by atoms with Crippen LogP contribution in [0.5, 0.6) is 0 Å². The van der Waals surface area contributed by atoms with Crippen molar-refractivity contribution in [2.45, 2.75) is 20.3 Å². The summed E-state index contributed by atoms with van der Waals surface area (Å²) in [4.78, 5) is 0. The SMILES string of the molecule is Cc1ccc(Nc2ccc(CCN)cc2F)cc1C. The lowest BCUT2D eigenvalue weighted by Crippen LogP contribution is -2.03. The van der Waals surface area contributed by atoms with Crippen molar-refractivity contribution in [3.63, 3.8) is 0 Å². The van der Waals surface area contributed by atoms with Gasteiger partial charge in [0.2, 0.25) is 0 Å². The quantitative estimate of drug-likeness (QED) is 0.877. The van der Waals surface area contributed by atoms with Crippen LogP contribution in [0, 0.1) is 19.7 Å². The van der Waals surface area contributed by atoms with Crippen molar-refractivity contribution in [2.24, 2.45) is 5.73 Å². The minimum absolute atomic E-state index is 0.246. The molecular weight excluding hydrogens is 239 g/mol. The van der Waals surface area contributed by atoms with Crippen molar-refractivity contribution >= 4 is 11.4 Å². The fourth-order valence-electron chi connectivity index (χ4n) is 1.96. The van der Waals surface area contributed by atoms with Gasteiger partial charge in [-0.1, -0.05) is 12.1 Å². The first-order valence-corrected chi connectivity index (χ1v) is 6.43. The summed E-state index contributed by atoms with van der Waals surface area (Å²) in [5.41, 5.74) is 10.2. The number of hydrogen-bond donors (Lipinski definition) is 2. The third kappa shape index (κ3) is 3.32. The van der Waals surface area contributed by atoms with Gasteiger partial charge in [-0.25, -0.2) is 4.39 Å². The van der Waals surface area contributed by atoms with Gasteiger partial charge in [0, 0.05) is 5.69 Å². The first-order valence-electron chi connectivity index (χ1n) is 6.43. The van der Waals surface area contributed by atoms with Crippen molar-refractivity contribution < 1.29 is 4.39 Å². The molecular formula is C16H19FN2. The Morgan fingerprint density at radius 1 is 1.05 bits per heavy atom. The van der Waals surface area contributed by atoms with Crippen LogP contribution in [-0.4, -0.2) is 6.54 Å². The monoisotopic (exact) mass is 258 g/mol. The number of aryl methyl sites for hydroxylation is 2. The number of rotatable bonds is 4. The molecule has 0 atom stereocenters. The van der Waals surface area contributed by atoms with Gasteiger partial charge in [-0.2, -0.15) is 0 Å². The molecule has 0 aliphatic heterocycles. The van der Waals surface area contributed by atoms with E-state index in [0.29, 0.717) is 18.7 Å². The highest BCUT2D eigenvalue weighted by atomic mass is 19.1. The molecule has 0 fully saturated rings. The van der Waals surface area contributed by atoms with Crippen LogP contribution in [0.4, 0.5) is 15.8 Å². The van der Waals surface area contributed by atoms with E-state index in [4.69, 9.17) is 5.73 Å². The van der Waals surface area contributed by atoms with Gasteiger partial charge in [0.05, 0.1) is 5.69 Å². The highest BCUT2D eigenvalue weighted by Crippen LogP contribution is 2.22. The first-order chi connectivity index (χ1) is 9.10. The van der Waals surface area contributed by atoms with E-state index in [2.05, 4.69) is 12.2 Å². The van der Waals surface area contributed by atoms with Crippen LogP contribution in [0.3, 0.4) is 0 Å². The van der Waals surface area contributed by atoms with Crippen molar-refractivity contribution in [3.8, 4) is 0 Å². The molecule has 0 unspecified atom stereocenters. The molecule has 0 heterocycles. The number of nitrogens with one attached hydrogen (secondary N) is 1. The summed E-state index contributed by atoms with van der Waals surface area (Å²) in [5, 5.41) is 3.10. The number of halogens is 1. The molecule has 2 aromatic carbocycles. The van der Waals surface area contributed by atoms with Gasteiger partial charge in [0.1, 0.15) is 5.82 Å². The fourth-order valence-corrected chi connectivity index (χ4v) is 1.96. The molecule has 0 bridgehead atoms. The zero-order valence-corrected chi connectivity index (χ0v) is 11.3. The third-order valence-corrected chi connectivity index (χ3v) is 3.25. The van der Waals surface area contributed by atoms with Crippen LogP contribution in [-0.2, 0) is 6.42 Å². The van der Waals surface area contributed by atoms with Crippen LogP contribution in [0.1, 0.15) is 16.7 Å². The van der Waals surface area contributed by atoms with Crippen LogP contribution in [0.25, 0.3) is 0 Å². The van der Waals surface area contributed by atoms with Crippen LogP contribution >= 0.6 is 0 Å². The zero-order chi connectivity index (χ0) is 13.8. The summed E-state index contributed by atoms with van der Waals surface area (Å²) in [6, 6.07) is 11.2. The van der Waals surface area contributed by atoms with E-state index in [1.165, 1.54) is 17.2 Å². The lowest BCUT2D eigenvalue weighted by molar-refractivity contribution is 0.629. The van der Waals surface area contributed by atoms with Crippen LogP contribution in [0.15, 0.2) is 36.4 Å². The van der Waals surface area contributed by atoms with E-state index in [0.717, 1.165) is 11.3 Å². The topological polar surface area (TPSA) is 38.0 Å². The van der Waals surface area contributed by atoms with E-state index >= 15 is 0 Å². The lowest BCUT2D eigenvalue weighted by Gasteiger charge is -2.10. The number of benzene rings is 2. The molecule has 0 aromatic heterocycles. The Labute approximate surface area is 113 Å². The highest BCUT2D eigenvalue weighted by Gasteiger charge is 2.04. The van der Waals surface area contributed by atoms with Gasteiger partial charge in [-0.05, 0) is 67.8 Å². The normalized spacial score (nSPS) is 10.5. The Morgan fingerprint density at radius 2 is 1.84 bits per heavy atom. The Kier molecular flexibility index (Phi) is 4.17. The predicted molar refractivity (Wildman–Crippen MR) is 78.4 cm³/mol. The van der Waals surface area contributed by atoms with Crippen molar-refractivity contribution in [2.75, 3.05) is 11.9 Å². The number of hydrogen-bond acceptors (Lipinski definition) is 2. The second kappa shape index (κ2) is 5.85. The zero-order valence-electron chi connectivity index (χ0n) is 11.3. The first kappa shape index (κ1) is 13.6. The molecule has 0 aliphatic rings. The Morgan fingerprint density at radius 3 is 2.47 bits per heavy atom. The largest absolute Gasteiger partial charge is 0.353 e. The van der Waals surface area contributed by atoms with Crippen molar-refractivity contribution in [1.82, 2.24) is 0 Å². The summed E-state index contributed by atoms with van der Waals surface area (Å²) in [7, 11) is 0. The van der Waals surface area contributed by atoms with Gasteiger partial charge in [0.15, 0.2) is 0 Å². The molecule has 3 N–H and O–H groups in total. The highest BCUT2D eigenvalue weighted by molar-refractivity contribution is 5.61. The van der Waals surface area contributed by atoms with Gasteiger partial charge < -0.3 is 11.1 Å². The summed E-state index contributed by atoms with van der Waals surface area (Å²) in [6.07, 6.45) is 0.695. The molecule has 19 heavy (non-hydrogen) atoms. The molecule has 0 radical (unpaired) electrons. The van der Waals surface area contributed by atoms with E-state index in [-0.39, 0.29) is 5.82 Å². The van der Waals surface area contributed by atoms with Crippen LogP contribution < -0.4 is 11.1 Å². The third-order valence-electron chi connectivity index (χ3n) is 3.25. The second-order valence-electron chi connectivity index (χ2n) is 4.78. The minimum atomic E-state index is -0.246. The van der Waals surface area contributed by atoms with Gasteiger partial charge in [0.25, 0.3) is 0 Å². The van der Waals surface area contributed by atoms with Gasteiger partial charge in [-0.15, -0.1) is 0 Å². The predicted octanol–water partition coefficient (Wildman–Crippen LogP) is 3.69. The summed E-state index contributed by atoms with van der Waals surface area (Å²) >= 11 is 0. The molecule has 0 amide bonds. The maximum atomic E-state index is 13.9. The average Bonchev–Trinajstić information content (AvgIpc) is 2.37. The molecule has 3 heteroatoms. The summed E-state index contributed by atoms with van der Waals surface area (Å²) in [6.45, 7) is 4.63. The maximum absolute atomic E-state index is 13.9. The standard InChI is InChI=1S/C16H19FN2/c1-11-3-5-14(9-12(11)2)19-16-6-4-13(7-8-18)10-15(16)17/h3-6,9-10,19H,7-8,18H2,1-2H3. The molecule has 2 nitrogen and oxygen atoms in total. The Balaban J connectivity index is 2.20. The average molecular weight is 258 g/mol. The second-order valence-corrected chi connectivity index (χ2v) is 4.78. The van der Waals surface area contributed by atoms with E-state index in [1.54, 1.807) is 6.07 Å².